The van der Waals surface area contributed by atoms with Gasteiger partial charge in [-0.3, -0.25) is 4.79 Å². The van der Waals surface area contributed by atoms with Gasteiger partial charge in [0.25, 0.3) is 0 Å². The van der Waals surface area contributed by atoms with Gasteiger partial charge in [-0.2, -0.15) is 0 Å². The summed E-state index contributed by atoms with van der Waals surface area (Å²) in [5.74, 6) is -0.0803. The van der Waals surface area contributed by atoms with Crippen molar-refractivity contribution in [1.82, 2.24) is 10.6 Å². The maximum absolute atomic E-state index is 11.7. The number of thiophene rings is 1. The third-order valence-electron chi connectivity index (χ3n) is 2.99. The standard InChI is InChI=1S/C16H27N3O3S/c1-6-12(9-18-15(21)22-16(3,4)5)17-10-14-13(7-8-23-14)19-11(2)20/h7-8,12,17H,6,9-10H2,1-5H3,(H,18,21)(H,19,20). The molecule has 1 rings (SSSR count). The minimum atomic E-state index is -0.497. The zero-order chi connectivity index (χ0) is 17.5. The lowest BCUT2D eigenvalue weighted by Gasteiger charge is -2.22. The van der Waals surface area contributed by atoms with Crippen LogP contribution in [0.5, 0.6) is 0 Å². The second-order valence-corrected chi connectivity index (χ2v) is 7.31. The average Bonchev–Trinajstić information content (AvgIpc) is 2.83. The van der Waals surface area contributed by atoms with Gasteiger partial charge in [-0.15, -0.1) is 11.3 Å². The summed E-state index contributed by atoms with van der Waals surface area (Å²) in [5.41, 5.74) is 0.341. The van der Waals surface area contributed by atoms with Crippen molar-refractivity contribution in [3.05, 3.63) is 16.3 Å². The average molecular weight is 341 g/mol. The van der Waals surface area contributed by atoms with Gasteiger partial charge in [-0.05, 0) is 38.6 Å². The molecule has 1 aromatic rings. The van der Waals surface area contributed by atoms with E-state index in [0.29, 0.717) is 13.1 Å². The van der Waals surface area contributed by atoms with Gasteiger partial charge in [-0.25, -0.2) is 4.79 Å². The molecule has 0 aliphatic carbocycles. The van der Waals surface area contributed by atoms with Crippen LogP contribution >= 0.6 is 11.3 Å². The van der Waals surface area contributed by atoms with Crippen LogP contribution in [0, 0.1) is 0 Å². The molecule has 130 valence electrons. The fourth-order valence-corrected chi connectivity index (χ4v) is 2.68. The van der Waals surface area contributed by atoms with E-state index in [9.17, 15) is 9.59 Å². The highest BCUT2D eigenvalue weighted by atomic mass is 32.1. The highest BCUT2D eigenvalue weighted by Crippen LogP contribution is 2.22. The fourth-order valence-electron chi connectivity index (χ4n) is 1.90. The first-order valence-corrected chi connectivity index (χ1v) is 8.63. The topological polar surface area (TPSA) is 79.5 Å². The Kier molecular flexibility index (Phi) is 7.51. The number of nitrogens with one attached hydrogen (secondary N) is 3. The lowest BCUT2D eigenvalue weighted by Crippen LogP contribution is -2.42. The highest BCUT2D eigenvalue weighted by molar-refractivity contribution is 7.10. The van der Waals surface area contributed by atoms with Crippen molar-refractivity contribution in [2.24, 2.45) is 0 Å². The van der Waals surface area contributed by atoms with Crippen LogP contribution in [0.2, 0.25) is 0 Å². The smallest absolute Gasteiger partial charge is 0.407 e. The van der Waals surface area contributed by atoms with E-state index in [1.54, 1.807) is 11.3 Å². The number of amides is 2. The number of rotatable bonds is 7. The Labute approximate surface area is 142 Å². The highest BCUT2D eigenvalue weighted by Gasteiger charge is 2.17. The molecule has 1 unspecified atom stereocenters. The number of carbonyl (C=O) groups is 2. The molecule has 0 bridgehead atoms. The quantitative estimate of drug-likeness (QED) is 0.712. The third kappa shape index (κ3) is 7.99. The van der Waals surface area contributed by atoms with Crippen molar-refractivity contribution in [2.45, 2.75) is 59.2 Å². The number of carbonyl (C=O) groups excluding carboxylic acids is 2. The maximum atomic E-state index is 11.7. The van der Waals surface area contributed by atoms with Crippen molar-refractivity contribution >= 4 is 29.0 Å². The lowest BCUT2D eigenvalue weighted by atomic mass is 10.2. The van der Waals surface area contributed by atoms with Gasteiger partial charge in [-0.1, -0.05) is 6.92 Å². The van der Waals surface area contributed by atoms with Gasteiger partial charge in [0.2, 0.25) is 5.91 Å². The van der Waals surface area contributed by atoms with E-state index in [1.807, 2.05) is 32.2 Å². The molecule has 0 spiro atoms. The van der Waals surface area contributed by atoms with Crippen LogP contribution in [0.3, 0.4) is 0 Å². The molecule has 0 aliphatic rings. The van der Waals surface area contributed by atoms with E-state index in [1.165, 1.54) is 6.92 Å². The molecule has 1 heterocycles. The Balaban J connectivity index is 2.44. The summed E-state index contributed by atoms with van der Waals surface area (Å²) >= 11 is 1.59. The molecule has 1 atom stereocenters. The SMILES string of the molecule is CCC(CNC(=O)OC(C)(C)C)NCc1sccc1NC(C)=O. The van der Waals surface area contributed by atoms with Crippen LogP contribution < -0.4 is 16.0 Å². The minimum absolute atomic E-state index is 0.0803. The van der Waals surface area contributed by atoms with Gasteiger partial charge in [0.15, 0.2) is 0 Å². The molecule has 0 aromatic carbocycles. The van der Waals surface area contributed by atoms with Crippen LogP contribution in [-0.2, 0) is 16.1 Å². The molecule has 1 aromatic heterocycles. The summed E-state index contributed by atoms with van der Waals surface area (Å²) in [6, 6.07) is 2.03. The molecule has 0 fully saturated rings. The third-order valence-corrected chi connectivity index (χ3v) is 3.91. The van der Waals surface area contributed by atoms with E-state index in [0.717, 1.165) is 17.0 Å². The van der Waals surface area contributed by atoms with Gasteiger partial charge < -0.3 is 20.7 Å². The van der Waals surface area contributed by atoms with E-state index in [4.69, 9.17) is 4.74 Å². The summed E-state index contributed by atoms with van der Waals surface area (Å²) < 4.78 is 5.22. The van der Waals surface area contributed by atoms with Crippen LogP contribution in [0.1, 0.15) is 45.9 Å². The van der Waals surface area contributed by atoms with Crippen molar-refractivity contribution in [1.29, 1.82) is 0 Å². The molecule has 3 N–H and O–H groups in total. The Morgan fingerprint density at radius 1 is 1.35 bits per heavy atom. The van der Waals surface area contributed by atoms with Crippen molar-refractivity contribution in [3.63, 3.8) is 0 Å². The predicted octanol–water partition coefficient (Wildman–Crippen LogP) is 3.10. The van der Waals surface area contributed by atoms with Gasteiger partial charge >= 0.3 is 6.09 Å². The molecule has 0 saturated carbocycles. The molecule has 23 heavy (non-hydrogen) atoms. The summed E-state index contributed by atoms with van der Waals surface area (Å²) in [6.07, 6.45) is 0.462. The number of hydrogen-bond donors (Lipinski definition) is 3. The zero-order valence-corrected chi connectivity index (χ0v) is 15.3. The summed E-state index contributed by atoms with van der Waals surface area (Å²) in [7, 11) is 0. The maximum Gasteiger partial charge on any atom is 0.407 e. The summed E-state index contributed by atoms with van der Waals surface area (Å²) in [4.78, 5) is 23.9. The molecule has 6 nitrogen and oxygen atoms in total. The van der Waals surface area contributed by atoms with Crippen LogP contribution in [0.4, 0.5) is 10.5 Å². The van der Waals surface area contributed by atoms with E-state index < -0.39 is 11.7 Å². The van der Waals surface area contributed by atoms with Gasteiger partial charge in [0.05, 0.1) is 5.69 Å². The van der Waals surface area contributed by atoms with Gasteiger partial charge in [0, 0.05) is 30.9 Å². The monoisotopic (exact) mass is 341 g/mol. The molecule has 2 amide bonds. The first-order valence-electron chi connectivity index (χ1n) is 7.75. The van der Waals surface area contributed by atoms with Gasteiger partial charge in [0.1, 0.15) is 5.60 Å². The lowest BCUT2D eigenvalue weighted by molar-refractivity contribution is -0.114. The molecule has 0 aliphatic heterocycles. The molecular weight excluding hydrogens is 314 g/mol. The van der Waals surface area contributed by atoms with E-state index in [2.05, 4.69) is 22.9 Å². The van der Waals surface area contributed by atoms with Crippen molar-refractivity contribution in [2.75, 3.05) is 11.9 Å². The first-order chi connectivity index (χ1) is 10.7. The van der Waals surface area contributed by atoms with E-state index >= 15 is 0 Å². The Morgan fingerprint density at radius 2 is 2.04 bits per heavy atom. The second-order valence-electron chi connectivity index (χ2n) is 6.31. The summed E-state index contributed by atoms with van der Waals surface area (Å²) in [5, 5.41) is 10.9. The first kappa shape index (κ1) is 19.4. The predicted molar refractivity (Wildman–Crippen MR) is 93.8 cm³/mol. The Morgan fingerprint density at radius 3 is 2.61 bits per heavy atom. The van der Waals surface area contributed by atoms with Crippen LogP contribution in [-0.4, -0.2) is 30.2 Å². The number of hydrogen-bond acceptors (Lipinski definition) is 5. The molecule has 0 radical (unpaired) electrons. The Bertz CT molecular complexity index is 523. The number of alkyl carbamates (subject to hydrolysis) is 1. The second kappa shape index (κ2) is 8.88. The van der Waals surface area contributed by atoms with E-state index in [-0.39, 0.29) is 11.9 Å². The van der Waals surface area contributed by atoms with Crippen molar-refractivity contribution in [3.8, 4) is 0 Å². The zero-order valence-electron chi connectivity index (χ0n) is 14.5. The number of anilines is 1. The summed E-state index contributed by atoms with van der Waals surface area (Å²) in [6.45, 7) is 10.2. The molecule has 0 saturated heterocycles. The number of ether oxygens (including phenoxy) is 1. The minimum Gasteiger partial charge on any atom is -0.444 e. The molecular formula is C16H27N3O3S. The van der Waals surface area contributed by atoms with Crippen LogP contribution in [0.15, 0.2) is 11.4 Å². The molecule has 7 heteroatoms. The fraction of sp³-hybridized carbons (Fsp3) is 0.625. The normalized spacial score (nSPS) is 12.6. The van der Waals surface area contributed by atoms with Crippen LogP contribution in [0.25, 0.3) is 0 Å². The Hall–Kier alpha value is -1.60. The largest absolute Gasteiger partial charge is 0.444 e. The van der Waals surface area contributed by atoms with Crippen molar-refractivity contribution < 1.29 is 14.3 Å².